The topological polar surface area (TPSA) is 62.2 Å². The van der Waals surface area contributed by atoms with Gasteiger partial charge in [-0.2, -0.15) is 0 Å². The number of hydrogen-bond donors (Lipinski definition) is 2. The monoisotopic (exact) mass is 302 g/mol. The Labute approximate surface area is 132 Å². The molecule has 0 amide bonds. The number of carboxylic acid groups (broad SMARTS) is 1. The van der Waals surface area contributed by atoms with Gasteiger partial charge in [0.1, 0.15) is 5.82 Å². The smallest absolute Gasteiger partial charge is 0.303 e. The standard InChI is InChI=1S/C18H26N2O2/c21-16(22)8-6-4-2-1-3-5-7-15-10-9-14-13-18(11-12-18)20-17(14)19-15/h9-10H,1-8,11-13H2,(H,19,20)(H,21,22). The van der Waals surface area contributed by atoms with Crippen molar-refractivity contribution < 1.29 is 9.90 Å². The van der Waals surface area contributed by atoms with E-state index in [1.165, 1.54) is 43.4 Å². The Morgan fingerprint density at radius 1 is 1.14 bits per heavy atom. The van der Waals surface area contributed by atoms with Crippen molar-refractivity contribution in [2.75, 3.05) is 5.32 Å². The van der Waals surface area contributed by atoms with Crippen LogP contribution in [0.2, 0.25) is 0 Å². The number of aromatic nitrogens is 1. The highest BCUT2D eigenvalue weighted by molar-refractivity contribution is 5.66. The minimum atomic E-state index is -0.677. The summed E-state index contributed by atoms with van der Waals surface area (Å²) in [6, 6.07) is 4.44. The summed E-state index contributed by atoms with van der Waals surface area (Å²) in [5.74, 6) is 0.452. The van der Waals surface area contributed by atoms with E-state index in [0.29, 0.717) is 12.0 Å². The molecule has 22 heavy (non-hydrogen) atoms. The average Bonchev–Trinajstić information content (AvgIpc) is 3.11. The van der Waals surface area contributed by atoms with E-state index in [1.54, 1.807) is 0 Å². The number of nitrogens with zero attached hydrogens (tertiary/aromatic N) is 1. The van der Waals surface area contributed by atoms with Gasteiger partial charge in [0.15, 0.2) is 0 Å². The maximum absolute atomic E-state index is 10.4. The summed E-state index contributed by atoms with van der Waals surface area (Å²) in [5.41, 5.74) is 2.97. The fourth-order valence-electron chi connectivity index (χ4n) is 3.32. The third kappa shape index (κ3) is 3.99. The molecule has 1 spiro atoms. The van der Waals surface area contributed by atoms with E-state index < -0.39 is 5.97 Å². The zero-order valence-corrected chi connectivity index (χ0v) is 13.2. The summed E-state index contributed by atoms with van der Waals surface area (Å²) in [7, 11) is 0. The van der Waals surface area contributed by atoms with Crippen LogP contribution in [0.1, 0.15) is 69.0 Å². The second kappa shape index (κ2) is 6.67. The van der Waals surface area contributed by atoms with Gasteiger partial charge in [0.25, 0.3) is 0 Å². The molecule has 0 aromatic carbocycles. The zero-order valence-electron chi connectivity index (χ0n) is 13.2. The van der Waals surface area contributed by atoms with Crippen molar-refractivity contribution in [1.29, 1.82) is 0 Å². The minimum absolute atomic E-state index is 0.313. The lowest BCUT2D eigenvalue weighted by Crippen LogP contribution is -2.16. The first-order valence-corrected chi connectivity index (χ1v) is 8.66. The first kappa shape index (κ1) is 15.3. The fourth-order valence-corrected chi connectivity index (χ4v) is 3.32. The molecule has 1 aromatic heterocycles. The maximum Gasteiger partial charge on any atom is 0.303 e. The number of nitrogens with one attached hydrogen (secondary N) is 1. The fraction of sp³-hybridized carbons (Fsp3) is 0.667. The number of aryl methyl sites for hydroxylation is 1. The van der Waals surface area contributed by atoms with Crippen LogP contribution in [0.4, 0.5) is 5.82 Å². The van der Waals surface area contributed by atoms with E-state index in [0.717, 1.165) is 37.9 Å². The third-order valence-corrected chi connectivity index (χ3v) is 4.88. The number of unbranched alkanes of at least 4 members (excludes halogenated alkanes) is 5. The lowest BCUT2D eigenvalue weighted by atomic mass is 10.1. The number of rotatable bonds is 9. The molecule has 2 aliphatic rings. The maximum atomic E-state index is 10.4. The van der Waals surface area contributed by atoms with Gasteiger partial charge in [-0.25, -0.2) is 4.98 Å². The van der Waals surface area contributed by atoms with Gasteiger partial charge in [-0.15, -0.1) is 0 Å². The van der Waals surface area contributed by atoms with Crippen molar-refractivity contribution in [2.45, 2.75) is 76.2 Å². The molecule has 0 saturated heterocycles. The Morgan fingerprint density at radius 3 is 2.59 bits per heavy atom. The Kier molecular flexibility index (Phi) is 4.65. The highest BCUT2D eigenvalue weighted by Gasteiger charge is 2.47. The molecule has 0 atom stereocenters. The van der Waals surface area contributed by atoms with Gasteiger partial charge in [-0.1, -0.05) is 31.7 Å². The SMILES string of the molecule is O=C(O)CCCCCCCCc1ccc2c(n1)NC1(CC1)C2. The zero-order chi connectivity index (χ0) is 15.4. The summed E-state index contributed by atoms with van der Waals surface area (Å²) >= 11 is 0. The molecular weight excluding hydrogens is 276 g/mol. The molecule has 3 rings (SSSR count). The lowest BCUT2D eigenvalue weighted by Gasteiger charge is -2.06. The molecule has 1 aromatic rings. The van der Waals surface area contributed by atoms with Crippen LogP contribution in [0.25, 0.3) is 0 Å². The highest BCUT2D eigenvalue weighted by Crippen LogP contribution is 2.47. The highest BCUT2D eigenvalue weighted by atomic mass is 16.4. The predicted octanol–water partition coefficient (Wildman–Crippen LogP) is 3.94. The molecule has 0 unspecified atom stereocenters. The largest absolute Gasteiger partial charge is 0.481 e. The molecule has 2 N–H and O–H groups in total. The Hall–Kier alpha value is -1.58. The number of aliphatic carboxylic acids is 1. The number of fused-ring (bicyclic) bond motifs is 1. The lowest BCUT2D eigenvalue weighted by molar-refractivity contribution is -0.137. The Bertz CT molecular complexity index is 538. The van der Waals surface area contributed by atoms with Crippen molar-refractivity contribution in [2.24, 2.45) is 0 Å². The molecule has 120 valence electrons. The Balaban J connectivity index is 1.31. The van der Waals surface area contributed by atoms with E-state index in [1.807, 2.05) is 0 Å². The number of pyridine rings is 1. The predicted molar refractivity (Wildman–Crippen MR) is 87.2 cm³/mol. The van der Waals surface area contributed by atoms with Crippen LogP contribution >= 0.6 is 0 Å². The normalized spacial score (nSPS) is 17.3. The quantitative estimate of drug-likeness (QED) is 0.678. The first-order chi connectivity index (χ1) is 10.7. The second-order valence-corrected chi connectivity index (χ2v) is 6.91. The molecule has 0 bridgehead atoms. The molecule has 4 nitrogen and oxygen atoms in total. The van der Waals surface area contributed by atoms with Crippen LogP contribution in [0.5, 0.6) is 0 Å². The summed E-state index contributed by atoms with van der Waals surface area (Å²) in [6.07, 6.45) is 11.7. The van der Waals surface area contributed by atoms with Crippen molar-refractivity contribution >= 4 is 11.8 Å². The van der Waals surface area contributed by atoms with Gasteiger partial charge in [0.05, 0.1) is 0 Å². The van der Waals surface area contributed by atoms with E-state index in [2.05, 4.69) is 17.4 Å². The van der Waals surface area contributed by atoms with Crippen molar-refractivity contribution in [1.82, 2.24) is 4.98 Å². The second-order valence-electron chi connectivity index (χ2n) is 6.91. The van der Waals surface area contributed by atoms with Gasteiger partial charge in [0.2, 0.25) is 0 Å². The summed E-state index contributed by atoms with van der Waals surface area (Å²) in [4.78, 5) is 15.2. The van der Waals surface area contributed by atoms with E-state index in [4.69, 9.17) is 10.1 Å². The molecule has 2 heterocycles. The number of hydrogen-bond acceptors (Lipinski definition) is 3. The van der Waals surface area contributed by atoms with Crippen LogP contribution < -0.4 is 5.32 Å². The van der Waals surface area contributed by atoms with Crippen molar-refractivity contribution in [3.8, 4) is 0 Å². The van der Waals surface area contributed by atoms with Gasteiger partial charge in [-0.05, 0) is 50.2 Å². The van der Waals surface area contributed by atoms with Crippen LogP contribution in [0.15, 0.2) is 12.1 Å². The Morgan fingerprint density at radius 2 is 1.86 bits per heavy atom. The summed E-state index contributed by atoms with van der Waals surface area (Å²) in [5, 5.41) is 12.2. The summed E-state index contributed by atoms with van der Waals surface area (Å²) < 4.78 is 0. The third-order valence-electron chi connectivity index (χ3n) is 4.88. The molecule has 1 aliphatic carbocycles. The molecule has 0 radical (unpaired) electrons. The number of carboxylic acids is 1. The average molecular weight is 302 g/mol. The van der Waals surface area contributed by atoms with E-state index in [9.17, 15) is 4.79 Å². The van der Waals surface area contributed by atoms with Crippen molar-refractivity contribution in [3.05, 3.63) is 23.4 Å². The molecule has 1 fully saturated rings. The molecule has 1 aliphatic heterocycles. The number of carbonyl (C=O) groups is 1. The van der Waals surface area contributed by atoms with Gasteiger partial charge in [-0.3, -0.25) is 4.79 Å². The first-order valence-electron chi connectivity index (χ1n) is 8.66. The molecule has 1 saturated carbocycles. The van der Waals surface area contributed by atoms with Crippen LogP contribution in [0.3, 0.4) is 0 Å². The summed E-state index contributed by atoms with van der Waals surface area (Å²) in [6.45, 7) is 0. The van der Waals surface area contributed by atoms with Crippen LogP contribution in [-0.4, -0.2) is 21.6 Å². The minimum Gasteiger partial charge on any atom is -0.481 e. The van der Waals surface area contributed by atoms with Crippen LogP contribution in [0, 0.1) is 0 Å². The van der Waals surface area contributed by atoms with Crippen LogP contribution in [-0.2, 0) is 17.6 Å². The van der Waals surface area contributed by atoms with Gasteiger partial charge >= 0.3 is 5.97 Å². The van der Waals surface area contributed by atoms with E-state index in [-0.39, 0.29) is 0 Å². The van der Waals surface area contributed by atoms with E-state index >= 15 is 0 Å². The molecule has 4 heteroatoms. The van der Waals surface area contributed by atoms with Crippen molar-refractivity contribution in [3.63, 3.8) is 0 Å². The van der Waals surface area contributed by atoms with Gasteiger partial charge < -0.3 is 10.4 Å². The van der Waals surface area contributed by atoms with Gasteiger partial charge in [0, 0.05) is 17.7 Å². The molecular formula is C18H26N2O2. The number of anilines is 1.